The first-order valence-electron chi connectivity index (χ1n) is 8.29. The van der Waals surface area contributed by atoms with E-state index in [0.717, 1.165) is 4.31 Å². The Bertz CT molecular complexity index is 937. The molecule has 1 aliphatic heterocycles. The van der Waals surface area contributed by atoms with Crippen LogP contribution in [0.2, 0.25) is 0 Å². The van der Waals surface area contributed by atoms with E-state index in [1.165, 1.54) is 19.6 Å². The number of furan rings is 1. The molecule has 144 valence electrons. The summed E-state index contributed by atoms with van der Waals surface area (Å²) in [5, 5.41) is 0. The van der Waals surface area contributed by atoms with Crippen LogP contribution in [0.15, 0.2) is 58.9 Å². The lowest BCUT2D eigenvalue weighted by molar-refractivity contribution is -0.139. The van der Waals surface area contributed by atoms with Crippen molar-refractivity contribution in [3.8, 4) is 5.75 Å². The molecule has 0 aliphatic carbocycles. The number of methoxy groups -OCH3 is 1. The molecular formula is C18H20N2O6S. The minimum atomic E-state index is -3.90. The van der Waals surface area contributed by atoms with Crippen LogP contribution >= 0.6 is 0 Å². The molecule has 1 atom stereocenters. The molecule has 8 nitrogen and oxygen atoms in total. The Morgan fingerprint density at radius 3 is 2.78 bits per heavy atom. The van der Waals surface area contributed by atoms with Gasteiger partial charge in [-0.15, -0.1) is 0 Å². The fourth-order valence-corrected chi connectivity index (χ4v) is 3.97. The van der Waals surface area contributed by atoms with E-state index in [1.807, 2.05) is 0 Å². The van der Waals surface area contributed by atoms with E-state index in [9.17, 15) is 13.2 Å². The number of hydrogen-bond acceptors (Lipinski definition) is 6. The molecule has 9 heteroatoms. The highest BCUT2D eigenvalue weighted by atomic mass is 32.2. The molecule has 1 aromatic carbocycles. The van der Waals surface area contributed by atoms with Crippen LogP contribution in [0, 0.1) is 0 Å². The maximum Gasteiger partial charge on any atom is 0.337 e. The first-order chi connectivity index (χ1) is 12.9. The molecule has 0 spiro atoms. The fraction of sp³-hybridized carbons (Fsp3) is 0.278. The highest BCUT2D eigenvalue weighted by Gasteiger charge is 2.36. The summed E-state index contributed by atoms with van der Waals surface area (Å²) >= 11 is 0. The second kappa shape index (κ2) is 7.85. The van der Waals surface area contributed by atoms with Gasteiger partial charge >= 0.3 is 16.2 Å². The molecule has 1 unspecified atom stereocenters. The fourth-order valence-electron chi connectivity index (χ4n) is 2.72. The van der Waals surface area contributed by atoms with Crippen LogP contribution in [0.4, 0.5) is 0 Å². The van der Waals surface area contributed by atoms with Crippen molar-refractivity contribution in [2.45, 2.75) is 19.5 Å². The number of carbonyl (C=O) groups excluding carboxylic acids is 1. The standard InChI is InChI=1S/C18H20N2O6S/c1-3-25-18(21)16-12-20(11-15-8-5-9-26-15)27(22,23)19-17(16)13-6-4-7-14(10-13)24-2/h4-10,12,17,19H,3,11H2,1-2H3. The second-order valence-electron chi connectivity index (χ2n) is 5.76. The molecule has 0 saturated carbocycles. The van der Waals surface area contributed by atoms with Gasteiger partial charge in [0.05, 0.1) is 38.1 Å². The van der Waals surface area contributed by atoms with Crippen molar-refractivity contribution in [1.29, 1.82) is 0 Å². The quantitative estimate of drug-likeness (QED) is 0.757. The summed E-state index contributed by atoms with van der Waals surface area (Å²) in [4.78, 5) is 12.5. The highest BCUT2D eigenvalue weighted by Crippen LogP contribution is 2.31. The van der Waals surface area contributed by atoms with E-state index < -0.39 is 22.2 Å². The molecule has 1 aliphatic rings. The number of nitrogens with one attached hydrogen (secondary N) is 1. The maximum atomic E-state index is 12.7. The van der Waals surface area contributed by atoms with Crippen molar-refractivity contribution in [2.24, 2.45) is 0 Å². The van der Waals surface area contributed by atoms with E-state index in [4.69, 9.17) is 13.9 Å². The van der Waals surface area contributed by atoms with Gasteiger partial charge in [0, 0.05) is 6.20 Å². The Morgan fingerprint density at radius 1 is 1.30 bits per heavy atom. The molecule has 0 bridgehead atoms. The number of ether oxygens (including phenoxy) is 2. The average Bonchev–Trinajstić information content (AvgIpc) is 3.16. The molecule has 2 aromatic rings. The predicted molar refractivity (Wildman–Crippen MR) is 96.8 cm³/mol. The number of nitrogens with zero attached hydrogens (tertiary/aromatic N) is 1. The normalized spacial score (nSPS) is 18.7. The Hall–Kier alpha value is -2.78. The summed E-state index contributed by atoms with van der Waals surface area (Å²) in [6, 6.07) is 9.26. The second-order valence-corrected chi connectivity index (χ2v) is 7.42. The molecule has 3 rings (SSSR count). The number of hydrogen-bond donors (Lipinski definition) is 1. The van der Waals surface area contributed by atoms with E-state index >= 15 is 0 Å². The average molecular weight is 392 g/mol. The molecule has 0 amide bonds. The zero-order chi connectivity index (χ0) is 19.4. The highest BCUT2D eigenvalue weighted by molar-refractivity contribution is 7.87. The van der Waals surface area contributed by atoms with Crippen molar-refractivity contribution >= 4 is 16.2 Å². The van der Waals surface area contributed by atoms with Gasteiger partial charge in [0.25, 0.3) is 0 Å². The van der Waals surface area contributed by atoms with Gasteiger partial charge in [-0.3, -0.25) is 4.31 Å². The number of esters is 1. The SMILES string of the molecule is CCOC(=O)C1=CN(Cc2ccco2)S(=O)(=O)NC1c1cccc(OC)c1. The minimum Gasteiger partial charge on any atom is -0.497 e. The van der Waals surface area contributed by atoms with Crippen LogP contribution in [0.25, 0.3) is 0 Å². The van der Waals surface area contributed by atoms with Crippen molar-refractivity contribution in [2.75, 3.05) is 13.7 Å². The van der Waals surface area contributed by atoms with Crippen LogP contribution in [0.3, 0.4) is 0 Å². The molecule has 0 saturated heterocycles. The van der Waals surface area contributed by atoms with Crippen molar-refractivity contribution < 1.29 is 27.1 Å². The number of carbonyl (C=O) groups is 1. The zero-order valence-corrected chi connectivity index (χ0v) is 15.7. The molecule has 1 N–H and O–H groups in total. The topological polar surface area (TPSA) is 98.1 Å². The molecule has 0 radical (unpaired) electrons. The third-order valence-corrected chi connectivity index (χ3v) is 5.39. The smallest absolute Gasteiger partial charge is 0.337 e. The van der Waals surface area contributed by atoms with E-state index in [2.05, 4.69) is 4.72 Å². The van der Waals surface area contributed by atoms with E-state index in [-0.39, 0.29) is 18.7 Å². The van der Waals surface area contributed by atoms with Gasteiger partial charge < -0.3 is 13.9 Å². The molecule has 1 aromatic heterocycles. The summed E-state index contributed by atoms with van der Waals surface area (Å²) in [6.45, 7) is 1.81. The summed E-state index contributed by atoms with van der Waals surface area (Å²) < 4.78 is 44.5. The van der Waals surface area contributed by atoms with Gasteiger partial charge in [-0.05, 0) is 36.8 Å². The predicted octanol–water partition coefficient (Wildman–Crippen LogP) is 2.13. The summed E-state index contributed by atoms with van der Waals surface area (Å²) in [6.07, 6.45) is 2.74. The summed E-state index contributed by atoms with van der Waals surface area (Å²) in [7, 11) is -2.39. The van der Waals surface area contributed by atoms with Gasteiger partial charge in [0.2, 0.25) is 0 Å². The molecule has 2 heterocycles. The summed E-state index contributed by atoms with van der Waals surface area (Å²) in [5.74, 6) is 0.393. The van der Waals surface area contributed by atoms with Crippen LogP contribution in [-0.4, -0.2) is 32.4 Å². The third kappa shape index (κ3) is 4.15. The minimum absolute atomic E-state index is 0.0456. The third-order valence-electron chi connectivity index (χ3n) is 4.00. The number of benzene rings is 1. The Morgan fingerprint density at radius 2 is 2.11 bits per heavy atom. The lowest BCUT2D eigenvalue weighted by Crippen LogP contribution is -2.45. The zero-order valence-electron chi connectivity index (χ0n) is 14.9. The van der Waals surface area contributed by atoms with Crippen molar-refractivity contribution in [3.63, 3.8) is 0 Å². The van der Waals surface area contributed by atoms with Gasteiger partial charge in [-0.25, -0.2) is 4.79 Å². The molecule has 0 fully saturated rings. The van der Waals surface area contributed by atoms with Gasteiger partial charge in [0.1, 0.15) is 11.5 Å². The Balaban J connectivity index is 2.03. The van der Waals surface area contributed by atoms with E-state index in [0.29, 0.717) is 17.1 Å². The van der Waals surface area contributed by atoms with Gasteiger partial charge in [-0.1, -0.05) is 12.1 Å². The lowest BCUT2D eigenvalue weighted by Gasteiger charge is -2.31. The summed E-state index contributed by atoms with van der Waals surface area (Å²) in [5.41, 5.74) is 0.737. The van der Waals surface area contributed by atoms with Crippen LogP contribution in [0.5, 0.6) is 5.75 Å². The monoisotopic (exact) mass is 392 g/mol. The van der Waals surface area contributed by atoms with Crippen LogP contribution < -0.4 is 9.46 Å². The Kier molecular flexibility index (Phi) is 5.52. The van der Waals surface area contributed by atoms with Crippen molar-refractivity contribution in [1.82, 2.24) is 9.03 Å². The first kappa shape index (κ1) is 19.0. The van der Waals surface area contributed by atoms with Crippen LogP contribution in [-0.2, 0) is 26.3 Å². The van der Waals surface area contributed by atoms with Gasteiger partial charge in [-0.2, -0.15) is 13.1 Å². The van der Waals surface area contributed by atoms with E-state index in [1.54, 1.807) is 43.3 Å². The number of rotatable bonds is 6. The van der Waals surface area contributed by atoms with Crippen LogP contribution in [0.1, 0.15) is 24.3 Å². The maximum absolute atomic E-state index is 12.7. The van der Waals surface area contributed by atoms with Crippen molar-refractivity contribution in [3.05, 3.63) is 65.8 Å². The molecule has 27 heavy (non-hydrogen) atoms. The Labute approximate surface area is 157 Å². The van der Waals surface area contributed by atoms with Gasteiger partial charge in [0.15, 0.2) is 0 Å². The molecular weight excluding hydrogens is 372 g/mol. The first-order valence-corrected chi connectivity index (χ1v) is 9.73. The lowest BCUT2D eigenvalue weighted by atomic mass is 10.00. The largest absolute Gasteiger partial charge is 0.497 e.